The van der Waals surface area contributed by atoms with Crippen LogP contribution in [-0.2, 0) is 92.7 Å². The van der Waals surface area contributed by atoms with E-state index in [-0.39, 0.29) is 105 Å². The number of piperidine rings is 1. The highest BCUT2D eigenvalue weighted by atomic mass is 16.6. The summed E-state index contributed by atoms with van der Waals surface area (Å²) in [6.45, 7) is 16.7. The number of anilines is 3. The second-order valence-electron chi connectivity index (χ2n) is 34.8. The number of piperazine rings is 1. The summed E-state index contributed by atoms with van der Waals surface area (Å²) in [5.74, 6) is -2.10. The molecule has 1 saturated carbocycles. The number of fused-ring (bicyclic) bond motifs is 6. The van der Waals surface area contributed by atoms with E-state index in [1.54, 1.807) is 45.6 Å². The van der Waals surface area contributed by atoms with E-state index in [9.17, 15) is 43.5 Å². The standard InChI is InChI=1S/C95H125N17O17/c1-61-13-8-7-9-14-62(2)82(122-6)50-75-15-12-17-81(127-75)86(117)91(119)111-31-11-10-16-77(111)92(120)128-76(49-78(113)64(4)46-65(5)80(115)51-79(114)63(3)45-61)25-21-66-19-23-74(24-20-66)129-95(121)104-54-68-52-100-93(101-53-68)108-33-35-109(36-34-108)94-102-56-73(57-103-94)90(118)98-30-38-124-40-42-126-44-43-125-41-39-123-37-28-83(116)110-32-27-69-47-67(18-22-71(69)59-110)58-112-89-84(87(96)105-60-106-89)85(107-112)72-48-70-26-29-97-88(70)99-55-72/h7-9,13-14,18,22,26,29,46-48,52-53,55-57,60-61,63-64,66,74-77,80-82,115H,10-12,15-17,19-21,23-25,27-28,30-45,49-51,54,58-59H2,1-6H3,(H,97,99)(H,98,118)(H,104,121)(H2,96,105,106)/b9-7+,13-8+,62-14+,65-46+/t61-,63-,64-,66-,74-,75?,76-,77+,80+,81?,82+/m1/s1. The number of nitrogen functional groups attached to an aromatic ring is 1. The molecular weight excluding hydrogens is 1650 g/mol. The van der Waals surface area contributed by atoms with Gasteiger partial charge in [0.1, 0.15) is 59.4 Å². The maximum absolute atomic E-state index is 14.5. The van der Waals surface area contributed by atoms with Gasteiger partial charge in [-0.1, -0.05) is 75.4 Å². The van der Waals surface area contributed by atoms with Gasteiger partial charge in [-0.05, 0) is 156 Å². The Kier molecular flexibility index (Phi) is 35.1. The zero-order valence-electron chi connectivity index (χ0n) is 75.1. The van der Waals surface area contributed by atoms with Crippen molar-refractivity contribution in [3.8, 4) is 11.3 Å². The highest BCUT2D eigenvalue weighted by Crippen LogP contribution is 2.36. The number of nitrogens with two attached hydrogens (primary N) is 1. The molecular formula is C95H125N17O17. The number of esters is 1. The summed E-state index contributed by atoms with van der Waals surface area (Å²) in [6, 6.07) is 9.30. The molecule has 7 aromatic rings. The first-order valence-electron chi connectivity index (χ1n) is 45.7. The second kappa shape index (κ2) is 47.4. The van der Waals surface area contributed by atoms with Crippen LogP contribution in [0.15, 0.2) is 121 Å². The molecule has 2 bridgehead atoms. The number of aliphatic hydroxyl groups is 1. The van der Waals surface area contributed by atoms with Gasteiger partial charge >= 0.3 is 12.1 Å². The van der Waals surface area contributed by atoms with Crippen LogP contribution in [0.4, 0.5) is 22.5 Å². The molecule has 0 radical (unpaired) electrons. The van der Waals surface area contributed by atoms with E-state index in [4.69, 9.17) is 48.7 Å². The zero-order chi connectivity index (χ0) is 90.7. The Morgan fingerprint density at radius 3 is 2.14 bits per heavy atom. The first-order valence-corrected chi connectivity index (χ1v) is 45.7. The molecule has 9 atom stereocenters. The normalized spacial score (nSPS) is 24.8. The molecule has 6 aliphatic rings. The number of aromatic nitrogens is 10. The zero-order valence-corrected chi connectivity index (χ0v) is 75.1. The molecule has 4 fully saturated rings. The van der Waals surface area contributed by atoms with Crippen LogP contribution in [0, 0.1) is 23.7 Å². The van der Waals surface area contributed by atoms with Crippen LogP contribution in [0.3, 0.4) is 0 Å². The van der Waals surface area contributed by atoms with Crippen LogP contribution < -0.4 is 26.2 Å². The topological polar surface area (TPSA) is 418 Å². The second-order valence-corrected chi connectivity index (χ2v) is 34.8. The number of benzene rings is 1. The number of aliphatic hydroxyl groups excluding tert-OH is 1. The van der Waals surface area contributed by atoms with Crippen molar-refractivity contribution in [1.82, 2.24) is 70.1 Å². The van der Waals surface area contributed by atoms with Gasteiger partial charge in [0.05, 0.1) is 95.1 Å². The molecule has 6 aromatic heterocycles. The van der Waals surface area contributed by atoms with Gasteiger partial charge in [-0.25, -0.2) is 49.2 Å². The number of allylic oxidation sites excluding steroid dienone is 6. The number of H-pyrrole nitrogens is 1. The Morgan fingerprint density at radius 2 is 1.40 bits per heavy atom. The van der Waals surface area contributed by atoms with E-state index in [0.717, 1.165) is 52.6 Å². The number of methoxy groups -OCH3 is 1. The molecule has 11 heterocycles. The number of nitrogens with one attached hydrogen (secondary N) is 3. The van der Waals surface area contributed by atoms with Gasteiger partial charge in [0.15, 0.2) is 5.65 Å². The third-order valence-electron chi connectivity index (χ3n) is 25.3. The van der Waals surface area contributed by atoms with E-state index < -0.39 is 54.0 Å². The van der Waals surface area contributed by atoms with Crippen molar-refractivity contribution in [3.63, 3.8) is 0 Å². The Hall–Kier alpha value is -11.1. The number of carbonyl (C=O) groups excluding carboxylic acids is 8. The monoisotopic (exact) mass is 1780 g/mol. The van der Waals surface area contributed by atoms with Gasteiger partial charge in [0.25, 0.3) is 11.8 Å². The number of hydrogen-bond acceptors (Lipinski definition) is 28. The lowest BCUT2D eigenvalue weighted by Gasteiger charge is -2.36. The highest BCUT2D eigenvalue weighted by molar-refractivity contribution is 6.38. The first-order chi connectivity index (χ1) is 62.6. The summed E-state index contributed by atoms with van der Waals surface area (Å²) in [4.78, 5) is 152. The van der Waals surface area contributed by atoms with Crippen LogP contribution in [0.25, 0.3) is 33.3 Å². The number of aromatic amines is 1. The van der Waals surface area contributed by atoms with Crippen molar-refractivity contribution in [2.24, 2.45) is 23.7 Å². The van der Waals surface area contributed by atoms with Crippen molar-refractivity contribution in [3.05, 3.63) is 149 Å². The lowest BCUT2D eigenvalue weighted by atomic mass is 9.83. The van der Waals surface area contributed by atoms with E-state index in [1.165, 1.54) is 29.2 Å². The fraction of sp³-hybridized carbons (Fsp3) is 0.558. The number of nitrogens with zero attached hydrogens (tertiary/aromatic N) is 13. The number of hydrogen-bond donors (Lipinski definition) is 5. The fourth-order valence-corrected chi connectivity index (χ4v) is 17.6. The van der Waals surface area contributed by atoms with Crippen molar-refractivity contribution in [2.45, 2.75) is 212 Å². The van der Waals surface area contributed by atoms with Crippen LogP contribution in [0.2, 0.25) is 0 Å². The minimum Gasteiger partial charge on any atom is -0.460 e. The van der Waals surface area contributed by atoms with E-state index in [2.05, 4.69) is 73.6 Å². The Labute approximate surface area is 752 Å². The molecule has 129 heavy (non-hydrogen) atoms. The quantitative estimate of drug-likeness (QED) is 0.0132. The number of carbonyl (C=O) groups is 8. The molecule has 5 aliphatic heterocycles. The average molecular weight is 1780 g/mol. The van der Waals surface area contributed by atoms with E-state index in [1.807, 2.05) is 84.0 Å². The van der Waals surface area contributed by atoms with Crippen molar-refractivity contribution in [1.29, 1.82) is 0 Å². The molecule has 0 spiro atoms. The first kappa shape index (κ1) is 95.4. The number of amides is 4. The molecule has 13 rings (SSSR count). The lowest BCUT2D eigenvalue weighted by Crippen LogP contribution is -2.54. The summed E-state index contributed by atoms with van der Waals surface area (Å²) in [6.07, 6.45) is 27.2. The van der Waals surface area contributed by atoms with Gasteiger partial charge in [-0.2, -0.15) is 5.10 Å². The number of cyclic esters (lactones) is 1. The third-order valence-corrected chi connectivity index (χ3v) is 25.3. The van der Waals surface area contributed by atoms with Gasteiger partial charge < -0.3 is 84.0 Å². The molecule has 4 amide bonds. The Balaban J connectivity index is 0.468. The van der Waals surface area contributed by atoms with Gasteiger partial charge in [-0.3, -0.25) is 28.8 Å². The van der Waals surface area contributed by atoms with Gasteiger partial charge in [0.2, 0.25) is 23.6 Å². The van der Waals surface area contributed by atoms with E-state index >= 15 is 0 Å². The third kappa shape index (κ3) is 27.0. The van der Waals surface area contributed by atoms with E-state index in [0.29, 0.717) is 220 Å². The molecule has 34 heteroatoms. The number of Topliss-reactive ketones (excluding diaryl/α,β-unsaturated/α-hetero) is 3. The SMILES string of the molecule is CO[C@H]1CC2CCCC(O2)C(=O)C(=O)N2CCCC[C@H]2C(=O)O[C@H](CC[C@H]2CC[C@H](OC(=O)NCc3cnc(N4CCN(c5ncc(C(=O)NCCOCCOCCOCCOCCC(=O)N6CCc7cc(Cn8nc(-c9cnc%10[nH]ccc%10c9)c9c(N)ncnc98)ccc7C6)cn5)CC4)nc3)CC2)CC(=O)[C@H](C)/C=C(\C)[C@@H](O)CC(=O)[C@H](C)C[C@H](C)/C=C/C=C/C=C/1C. The summed E-state index contributed by atoms with van der Waals surface area (Å²) in [5.41, 5.74) is 15.1. The maximum Gasteiger partial charge on any atom is 0.407 e. The predicted molar refractivity (Wildman–Crippen MR) is 482 cm³/mol. The van der Waals surface area contributed by atoms with Gasteiger partial charge in [-0.15, -0.1) is 0 Å². The number of pyridine rings is 1. The Bertz CT molecular complexity index is 5080. The maximum atomic E-state index is 14.5. The minimum atomic E-state index is -1.09. The molecule has 3 saturated heterocycles. The summed E-state index contributed by atoms with van der Waals surface area (Å²) >= 11 is 0. The molecule has 692 valence electrons. The lowest BCUT2D eigenvalue weighted by molar-refractivity contribution is -0.167. The number of alkyl carbamates (subject to hydrolysis) is 1. The molecule has 1 aromatic carbocycles. The minimum absolute atomic E-state index is 0.0424. The highest BCUT2D eigenvalue weighted by Gasteiger charge is 2.42. The molecule has 34 nitrogen and oxygen atoms in total. The fourth-order valence-electron chi connectivity index (χ4n) is 17.6. The van der Waals surface area contributed by atoms with Gasteiger partial charge in [0, 0.05) is 151 Å². The molecule has 1 aliphatic carbocycles. The van der Waals surface area contributed by atoms with Crippen LogP contribution in [0.1, 0.15) is 176 Å². The van der Waals surface area contributed by atoms with Crippen molar-refractivity contribution >= 4 is 86.9 Å². The number of ether oxygens (including phenoxy) is 8. The Morgan fingerprint density at radius 1 is 0.682 bits per heavy atom. The summed E-state index contributed by atoms with van der Waals surface area (Å²) in [5, 5.41) is 23.6. The van der Waals surface area contributed by atoms with Crippen LogP contribution in [-0.4, -0.2) is 260 Å². The average Bonchev–Trinajstić information content (AvgIpc) is 1.61. The van der Waals surface area contributed by atoms with Crippen molar-refractivity contribution < 1.29 is 81.4 Å². The largest absolute Gasteiger partial charge is 0.460 e. The molecule has 6 N–H and O–H groups in total. The molecule has 2 unspecified atom stereocenters. The van der Waals surface area contributed by atoms with Crippen molar-refractivity contribution in [2.75, 3.05) is 121 Å². The van der Waals surface area contributed by atoms with Crippen LogP contribution >= 0.6 is 0 Å². The van der Waals surface area contributed by atoms with Crippen LogP contribution in [0.5, 0.6) is 0 Å². The summed E-state index contributed by atoms with van der Waals surface area (Å²) < 4.78 is 49.0. The number of ketones is 3. The smallest absolute Gasteiger partial charge is 0.407 e. The number of rotatable bonds is 28. The predicted octanol–water partition coefficient (Wildman–Crippen LogP) is 10.0. The summed E-state index contributed by atoms with van der Waals surface area (Å²) in [7, 11) is 1.63.